The molecule has 5 nitrogen and oxygen atoms in total. The molecule has 0 bridgehead atoms. The number of anilines is 1. The minimum atomic E-state index is -0.449. The van der Waals surface area contributed by atoms with Crippen molar-refractivity contribution in [2.24, 2.45) is 5.41 Å². The van der Waals surface area contributed by atoms with Crippen molar-refractivity contribution in [3.8, 4) is 5.75 Å². The number of rotatable bonds is 4. The van der Waals surface area contributed by atoms with Gasteiger partial charge in [0.25, 0.3) is 5.91 Å². The summed E-state index contributed by atoms with van der Waals surface area (Å²) >= 11 is 0. The van der Waals surface area contributed by atoms with E-state index >= 15 is 0 Å². The second-order valence-corrected chi connectivity index (χ2v) is 7.30. The van der Waals surface area contributed by atoms with Gasteiger partial charge < -0.3 is 15.0 Å². The molecule has 1 aliphatic heterocycles. The van der Waals surface area contributed by atoms with Crippen LogP contribution in [0.4, 0.5) is 5.69 Å². The van der Waals surface area contributed by atoms with E-state index in [4.69, 9.17) is 4.74 Å². The van der Waals surface area contributed by atoms with Crippen molar-refractivity contribution >= 4 is 17.5 Å². The van der Waals surface area contributed by atoms with E-state index in [9.17, 15) is 9.59 Å². The first-order valence-corrected chi connectivity index (χ1v) is 8.01. The molecular weight excluding hydrogens is 292 g/mol. The van der Waals surface area contributed by atoms with Crippen molar-refractivity contribution in [3.05, 3.63) is 23.8 Å². The van der Waals surface area contributed by atoms with Gasteiger partial charge >= 0.3 is 0 Å². The van der Waals surface area contributed by atoms with E-state index in [-0.39, 0.29) is 17.2 Å². The molecule has 0 saturated heterocycles. The van der Waals surface area contributed by atoms with E-state index in [1.807, 2.05) is 39.0 Å². The van der Waals surface area contributed by atoms with Crippen LogP contribution in [0.3, 0.4) is 0 Å². The lowest BCUT2D eigenvalue weighted by molar-refractivity contribution is -0.125. The van der Waals surface area contributed by atoms with E-state index in [1.165, 1.54) is 0 Å². The highest BCUT2D eigenvalue weighted by atomic mass is 16.5. The molecule has 0 saturated carbocycles. The first kappa shape index (κ1) is 17.3. The van der Waals surface area contributed by atoms with Gasteiger partial charge in [-0.05, 0) is 36.5 Å². The number of hydrogen-bond donors (Lipinski definition) is 1. The highest BCUT2D eigenvalue weighted by molar-refractivity contribution is 5.99. The molecule has 0 fully saturated rings. The number of ether oxygens (including phenoxy) is 1. The van der Waals surface area contributed by atoms with Crippen LogP contribution in [0.1, 0.15) is 39.7 Å². The Labute approximate surface area is 138 Å². The van der Waals surface area contributed by atoms with Gasteiger partial charge in [0.15, 0.2) is 6.10 Å². The average molecular weight is 318 g/mol. The zero-order valence-corrected chi connectivity index (χ0v) is 14.6. The van der Waals surface area contributed by atoms with Gasteiger partial charge in [0.2, 0.25) is 5.91 Å². The normalized spacial score (nSPS) is 17.5. The van der Waals surface area contributed by atoms with E-state index in [0.29, 0.717) is 13.0 Å². The van der Waals surface area contributed by atoms with Crippen molar-refractivity contribution in [3.63, 3.8) is 0 Å². The molecule has 0 spiro atoms. The first-order valence-electron chi connectivity index (χ1n) is 8.01. The summed E-state index contributed by atoms with van der Waals surface area (Å²) in [5.41, 5.74) is 1.84. The topological polar surface area (TPSA) is 58.6 Å². The van der Waals surface area contributed by atoms with Crippen LogP contribution in [0.25, 0.3) is 0 Å². The molecule has 1 heterocycles. The first-order chi connectivity index (χ1) is 10.7. The molecule has 126 valence electrons. The van der Waals surface area contributed by atoms with Gasteiger partial charge in [-0.2, -0.15) is 0 Å². The fourth-order valence-electron chi connectivity index (χ4n) is 2.60. The molecule has 1 aromatic rings. The second kappa shape index (κ2) is 6.60. The number of hydrogen-bond acceptors (Lipinski definition) is 3. The summed E-state index contributed by atoms with van der Waals surface area (Å²) in [6.07, 6.45) is 0.788. The van der Waals surface area contributed by atoms with Crippen molar-refractivity contribution < 1.29 is 14.3 Å². The van der Waals surface area contributed by atoms with Crippen LogP contribution in [0, 0.1) is 5.41 Å². The van der Waals surface area contributed by atoms with Gasteiger partial charge in [0, 0.05) is 20.0 Å². The Bertz CT molecular complexity index is 605. The lowest BCUT2D eigenvalue weighted by Gasteiger charge is -2.30. The molecule has 1 aromatic carbocycles. The van der Waals surface area contributed by atoms with Crippen LogP contribution >= 0.6 is 0 Å². The number of nitrogens with zero attached hydrogens (tertiary/aromatic N) is 1. The molecule has 1 N–H and O–H groups in total. The minimum Gasteiger partial charge on any atom is -0.479 e. The van der Waals surface area contributed by atoms with Crippen LogP contribution in [-0.4, -0.2) is 31.5 Å². The third kappa shape index (κ3) is 4.47. The highest BCUT2D eigenvalue weighted by Crippen LogP contribution is 2.33. The Morgan fingerprint density at radius 1 is 1.35 bits per heavy atom. The van der Waals surface area contributed by atoms with Crippen LogP contribution in [0.2, 0.25) is 0 Å². The van der Waals surface area contributed by atoms with Gasteiger partial charge in [-0.15, -0.1) is 0 Å². The smallest absolute Gasteiger partial charge is 0.267 e. The molecule has 0 aromatic heterocycles. The van der Waals surface area contributed by atoms with Crippen molar-refractivity contribution in [2.45, 2.75) is 46.6 Å². The molecular formula is C18H26N2O3. The van der Waals surface area contributed by atoms with E-state index in [1.54, 1.807) is 18.9 Å². The predicted molar refractivity (Wildman–Crippen MR) is 90.7 cm³/mol. The highest BCUT2D eigenvalue weighted by Gasteiger charge is 2.28. The third-order valence-corrected chi connectivity index (χ3v) is 3.79. The van der Waals surface area contributed by atoms with Gasteiger partial charge in [0.1, 0.15) is 5.75 Å². The molecule has 1 aliphatic rings. The fraction of sp³-hybridized carbons (Fsp3) is 0.556. The molecule has 0 aliphatic carbocycles. The Morgan fingerprint density at radius 3 is 2.70 bits per heavy atom. The fourth-order valence-corrected chi connectivity index (χ4v) is 2.60. The molecule has 0 radical (unpaired) electrons. The standard InChI is InChI=1S/C18H26N2O3/c1-12-17(22)20(5)14-10-13(6-7-15(14)23-12)8-9-19-16(21)11-18(2,3)4/h6-7,10,12H,8-9,11H2,1-5H3,(H,19,21). The monoisotopic (exact) mass is 318 g/mol. The summed E-state index contributed by atoms with van der Waals surface area (Å²) in [6, 6.07) is 5.82. The summed E-state index contributed by atoms with van der Waals surface area (Å²) in [7, 11) is 1.76. The molecule has 2 amide bonds. The summed E-state index contributed by atoms with van der Waals surface area (Å²) in [6.45, 7) is 8.47. The van der Waals surface area contributed by atoms with Crippen molar-refractivity contribution in [1.29, 1.82) is 0 Å². The quantitative estimate of drug-likeness (QED) is 0.928. The van der Waals surface area contributed by atoms with Crippen molar-refractivity contribution in [2.75, 3.05) is 18.5 Å². The van der Waals surface area contributed by atoms with Gasteiger partial charge in [-0.25, -0.2) is 0 Å². The SMILES string of the molecule is CC1Oc2ccc(CCNC(=O)CC(C)(C)C)cc2N(C)C1=O. The summed E-state index contributed by atoms with van der Waals surface area (Å²) in [5.74, 6) is 0.744. The molecule has 5 heteroatoms. The molecule has 1 unspecified atom stereocenters. The summed E-state index contributed by atoms with van der Waals surface area (Å²) in [4.78, 5) is 25.4. The second-order valence-electron chi connectivity index (χ2n) is 7.30. The van der Waals surface area contributed by atoms with Gasteiger partial charge in [-0.1, -0.05) is 26.8 Å². The third-order valence-electron chi connectivity index (χ3n) is 3.79. The lowest BCUT2D eigenvalue weighted by atomic mass is 9.92. The number of likely N-dealkylation sites (N-methyl/N-ethyl adjacent to an activating group) is 1. The maximum absolute atomic E-state index is 12.0. The summed E-state index contributed by atoms with van der Waals surface area (Å²) in [5, 5.41) is 2.94. The number of fused-ring (bicyclic) bond motifs is 1. The Morgan fingerprint density at radius 2 is 2.04 bits per heavy atom. The molecule has 2 rings (SSSR count). The largest absolute Gasteiger partial charge is 0.479 e. The van der Waals surface area contributed by atoms with E-state index < -0.39 is 6.10 Å². The zero-order chi connectivity index (χ0) is 17.2. The number of nitrogens with one attached hydrogen (secondary N) is 1. The number of carbonyl (C=O) groups is 2. The molecule has 23 heavy (non-hydrogen) atoms. The van der Waals surface area contributed by atoms with E-state index in [2.05, 4.69) is 5.32 Å². The number of amides is 2. The number of benzene rings is 1. The minimum absolute atomic E-state index is 0.00694. The van der Waals surface area contributed by atoms with Crippen LogP contribution in [-0.2, 0) is 16.0 Å². The van der Waals surface area contributed by atoms with Crippen LogP contribution in [0.15, 0.2) is 18.2 Å². The van der Waals surface area contributed by atoms with Crippen LogP contribution in [0.5, 0.6) is 5.75 Å². The maximum Gasteiger partial charge on any atom is 0.267 e. The predicted octanol–water partition coefficient (Wildman–Crippen LogP) is 2.53. The van der Waals surface area contributed by atoms with Gasteiger partial charge in [0.05, 0.1) is 5.69 Å². The molecule has 1 atom stereocenters. The Hall–Kier alpha value is -2.04. The van der Waals surface area contributed by atoms with E-state index in [0.717, 1.165) is 23.4 Å². The maximum atomic E-state index is 12.0. The van der Waals surface area contributed by atoms with Crippen molar-refractivity contribution in [1.82, 2.24) is 5.32 Å². The Balaban J connectivity index is 1.95. The summed E-state index contributed by atoms with van der Waals surface area (Å²) < 4.78 is 5.61. The number of carbonyl (C=O) groups excluding carboxylic acids is 2. The lowest BCUT2D eigenvalue weighted by Crippen LogP contribution is -2.42. The average Bonchev–Trinajstić information content (AvgIpc) is 2.43. The van der Waals surface area contributed by atoms with Gasteiger partial charge in [-0.3, -0.25) is 9.59 Å². The zero-order valence-electron chi connectivity index (χ0n) is 14.6. The van der Waals surface area contributed by atoms with Crippen LogP contribution < -0.4 is 15.0 Å². The Kier molecular flexibility index (Phi) is 4.97.